The number of benzene rings is 2. The average Bonchev–Trinajstić information content (AvgIpc) is 2.21. The molecule has 0 heterocycles. The third kappa shape index (κ3) is 0.885. The smallest absolute Gasteiger partial charge is 0.0756 e. The van der Waals surface area contributed by atoms with Crippen molar-refractivity contribution in [1.82, 2.24) is 0 Å². The molecule has 3 rings (SSSR count). The number of rotatable bonds is 0. The Bertz CT molecular complexity index is 549. The van der Waals surface area contributed by atoms with Crippen LogP contribution < -0.4 is 0 Å². The van der Waals surface area contributed by atoms with Crippen LogP contribution in [-0.2, 0) is 6.42 Å². The number of nitrogens with zero attached hydrogens (tertiary/aromatic N) is 1. The van der Waals surface area contributed by atoms with Gasteiger partial charge in [0, 0.05) is 0 Å². The second-order valence-electron chi connectivity index (χ2n) is 3.78. The van der Waals surface area contributed by atoms with Crippen LogP contribution in [0.15, 0.2) is 36.4 Å². The zero-order chi connectivity index (χ0) is 9.54. The van der Waals surface area contributed by atoms with Crippen molar-refractivity contribution in [1.29, 1.82) is 5.26 Å². The van der Waals surface area contributed by atoms with Gasteiger partial charge >= 0.3 is 0 Å². The summed E-state index contributed by atoms with van der Waals surface area (Å²) < 4.78 is 0. The van der Waals surface area contributed by atoms with Crippen molar-refractivity contribution in [2.24, 2.45) is 0 Å². The van der Waals surface area contributed by atoms with Crippen LogP contribution in [0.5, 0.6) is 0 Å². The summed E-state index contributed by atoms with van der Waals surface area (Å²) in [6.45, 7) is 0. The van der Waals surface area contributed by atoms with Crippen molar-refractivity contribution in [2.45, 2.75) is 12.3 Å². The number of nitriles is 1. The molecule has 0 radical (unpaired) electrons. The second-order valence-corrected chi connectivity index (χ2v) is 3.78. The van der Waals surface area contributed by atoms with Gasteiger partial charge in [0.05, 0.1) is 12.0 Å². The summed E-state index contributed by atoms with van der Waals surface area (Å²) in [5.41, 5.74) is 2.57. The third-order valence-corrected chi connectivity index (χ3v) is 2.96. The van der Waals surface area contributed by atoms with Gasteiger partial charge in [-0.1, -0.05) is 30.3 Å². The summed E-state index contributed by atoms with van der Waals surface area (Å²) in [6.07, 6.45) is 0.927. The van der Waals surface area contributed by atoms with Crippen molar-refractivity contribution in [3.8, 4) is 6.07 Å². The van der Waals surface area contributed by atoms with Crippen LogP contribution in [0.25, 0.3) is 10.8 Å². The summed E-state index contributed by atoms with van der Waals surface area (Å²) in [5, 5.41) is 11.4. The Labute approximate surface area is 82.6 Å². The normalized spacial score (nSPS) is 18.4. The molecule has 2 aromatic rings. The molecule has 1 aliphatic carbocycles. The number of hydrogen-bond donors (Lipinski definition) is 0. The highest BCUT2D eigenvalue weighted by molar-refractivity contribution is 5.85. The molecule has 1 aliphatic rings. The highest BCUT2D eigenvalue weighted by atomic mass is 14.3. The van der Waals surface area contributed by atoms with Gasteiger partial charge in [-0.2, -0.15) is 5.26 Å². The molecule has 0 amide bonds. The van der Waals surface area contributed by atoms with Gasteiger partial charge in [-0.3, -0.25) is 0 Å². The molecule has 0 N–H and O–H groups in total. The van der Waals surface area contributed by atoms with Crippen LogP contribution in [0, 0.1) is 11.3 Å². The van der Waals surface area contributed by atoms with E-state index in [1.54, 1.807) is 0 Å². The molecule has 1 unspecified atom stereocenters. The molecule has 1 heteroatoms. The van der Waals surface area contributed by atoms with E-state index >= 15 is 0 Å². The van der Waals surface area contributed by atoms with Gasteiger partial charge in [0.1, 0.15) is 0 Å². The lowest BCUT2D eigenvalue weighted by atomic mass is 9.77. The molecule has 0 spiro atoms. The van der Waals surface area contributed by atoms with Gasteiger partial charge in [-0.05, 0) is 34.4 Å². The van der Waals surface area contributed by atoms with Crippen molar-refractivity contribution in [2.75, 3.05) is 0 Å². The van der Waals surface area contributed by atoms with Gasteiger partial charge in [-0.25, -0.2) is 0 Å². The largest absolute Gasteiger partial charge is 0.198 e. The summed E-state index contributed by atoms with van der Waals surface area (Å²) in [7, 11) is 0. The van der Waals surface area contributed by atoms with E-state index in [2.05, 4.69) is 36.4 Å². The minimum Gasteiger partial charge on any atom is -0.198 e. The highest BCUT2D eigenvalue weighted by Crippen LogP contribution is 2.37. The summed E-state index contributed by atoms with van der Waals surface area (Å²) in [5.74, 6) is 0.134. The third-order valence-electron chi connectivity index (χ3n) is 2.96. The van der Waals surface area contributed by atoms with Gasteiger partial charge in [0.15, 0.2) is 0 Å². The van der Waals surface area contributed by atoms with E-state index in [-0.39, 0.29) is 5.92 Å². The van der Waals surface area contributed by atoms with Gasteiger partial charge in [0.2, 0.25) is 0 Å². The fourth-order valence-electron chi connectivity index (χ4n) is 2.12. The Morgan fingerprint density at radius 1 is 1.14 bits per heavy atom. The first-order valence-electron chi connectivity index (χ1n) is 4.79. The monoisotopic (exact) mass is 179 g/mol. The molecule has 66 valence electrons. The maximum Gasteiger partial charge on any atom is 0.0756 e. The van der Waals surface area contributed by atoms with Crippen LogP contribution in [0.4, 0.5) is 0 Å². The van der Waals surface area contributed by atoms with Crippen LogP contribution in [0.3, 0.4) is 0 Å². The Kier molecular flexibility index (Phi) is 1.40. The first kappa shape index (κ1) is 7.58. The Balaban J connectivity index is 2.28. The second kappa shape index (κ2) is 2.59. The minimum atomic E-state index is 0.134. The minimum absolute atomic E-state index is 0.134. The van der Waals surface area contributed by atoms with Gasteiger partial charge < -0.3 is 0 Å². The van der Waals surface area contributed by atoms with E-state index in [4.69, 9.17) is 5.26 Å². The lowest BCUT2D eigenvalue weighted by molar-refractivity contribution is 0.748. The summed E-state index contributed by atoms with van der Waals surface area (Å²) in [6, 6.07) is 15.0. The summed E-state index contributed by atoms with van der Waals surface area (Å²) >= 11 is 0. The number of hydrogen-bond acceptors (Lipinski definition) is 1. The number of fused-ring (bicyclic) bond motifs is 2. The molecule has 2 aromatic carbocycles. The average molecular weight is 179 g/mol. The molecule has 0 fully saturated rings. The van der Waals surface area contributed by atoms with Crippen molar-refractivity contribution >= 4 is 10.8 Å². The molecular formula is C13H9N. The molecule has 0 saturated heterocycles. The topological polar surface area (TPSA) is 23.8 Å². The van der Waals surface area contributed by atoms with E-state index in [0.29, 0.717) is 0 Å². The zero-order valence-electron chi connectivity index (χ0n) is 7.70. The Hall–Kier alpha value is -1.81. The maximum atomic E-state index is 8.85. The van der Waals surface area contributed by atoms with Crippen molar-refractivity contribution in [3.05, 3.63) is 47.5 Å². The van der Waals surface area contributed by atoms with E-state index in [1.807, 2.05) is 6.07 Å². The molecular weight excluding hydrogens is 170 g/mol. The SMILES string of the molecule is N#CC1Cc2cc3ccccc3cc21. The molecule has 0 saturated carbocycles. The van der Waals surface area contributed by atoms with Crippen molar-refractivity contribution in [3.63, 3.8) is 0 Å². The van der Waals surface area contributed by atoms with Crippen LogP contribution in [0.1, 0.15) is 17.0 Å². The molecule has 1 nitrogen and oxygen atoms in total. The van der Waals surface area contributed by atoms with Crippen LogP contribution >= 0.6 is 0 Å². The molecule has 0 aliphatic heterocycles. The standard InChI is InChI=1S/C13H9N/c14-8-12-6-11-5-9-3-1-2-4-10(9)7-13(11)12/h1-5,7,12H,6H2. The Morgan fingerprint density at radius 3 is 2.57 bits per heavy atom. The zero-order valence-corrected chi connectivity index (χ0v) is 7.70. The van der Waals surface area contributed by atoms with Crippen LogP contribution in [-0.4, -0.2) is 0 Å². The van der Waals surface area contributed by atoms with Crippen LogP contribution in [0.2, 0.25) is 0 Å². The first-order valence-corrected chi connectivity index (χ1v) is 4.79. The van der Waals surface area contributed by atoms with E-state index in [9.17, 15) is 0 Å². The predicted molar refractivity (Wildman–Crippen MR) is 56.0 cm³/mol. The van der Waals surface area contributed by atoms with E-state index in [0.717, 1.165) is 6.42 Å². The highest BCUT2D eigenvalue weighted by Gasteiger charge is 2.25. The van der Waals surface area contributed by atoms with Gasteiger partial charge in [0.25, 0.3) is 0 Å². The fourth-order valence-corrected chi connectivity index (χ4v) is 2.12. The van der Waals surface area contributed by atoms with E-state index < -0.39 is 0 Å². The molecule has 1 atom stereocenters. The quantitative estimate of drug-likeness (QED) is 0.609. The fraction of sp³-hybridized carbons (Fsp3) is 0.154. The maximum absolute atomic E-state index is 8.85. The lowest BCUT2D eigenvalue weighted by Crippen LogP contribution is -2.14. The Morgan fingerprint density at radius 2 is 1.86 bits per heavy atom. The van der Waals surface area contributed by atoms with Gasteiger partial charge in [-0.15, -0.1) is 0 Å². The molecule has 0 aromatic heterocycles. The van der Waals surface area contributed by atoms with Crippen molar-refractivity contribution < 1.29 is 0 Å². The first-order chi connectivity index (χ1) is 6.88. The van der Waals surface area contributed by atoms with E-state index in [1.165, 1.54) is 21.9 Å². The summed E-state index contributed by atoms with van der Waals surface area (Å²) in [4.78, 5) is 0. The lowest BCUT2D eigenvalue weighted by Gasteiger charge is -2.25. The molecule has 0 bridgehead atoms. The molecule has 14 heavy (non-hydrogen) atoms. The predicted octanol–water partition coefficient (Wildman–Crippen LogP) is 3.00.